The van der Waals surface area contributed by atoms with Gasteiger partial charge in [-0.05, 0) is 24.6 Å². The summed E-state index contributed by atoms with van der Waals surface area (Å²) in [6.45, 7) is 2.52. The van der Waals surface area contributed by atoms with Gasteiger partial charge < -0.3 is 10.0 Å². The monoisotopic (exact) mass is 203 g/mol. The minimum absolute atomic E-state index is 0.463. The molecular weight excluding hydrogens is 190 g/mol. The van der Waals surface area contributed by atoms with Crippen molar-refractivity contribution >= 4 is 5.97 Å². The van der Waals surface area contributed by atoms with E-state index in [1.807, 2.05) is 36.6 Å². The Morgan fingerprint density at radius 1 is 1.47 bits per heavy atom. The molecule has 2 heterocycles. The van der Waals surface area contributed by atoms with Gasteiger partial charge in [0.1, 0.15) is 0 Å². The molecule has 0 radical (unpaired) electrons. The zero-order chi connectivity index (χ0) is 10.8. The molecule has 0 amide bonds. The molecule has 1 atom stereocenters. The third-order valence-electron chi connectivity index (χ3n) is 2.67. The Balaban J connectivity index is 2.40. The Morgan fingerprint density at radius 2 is 2.27 bits per heavy atom. The van der Waals surface area contributed by atoms with Gasteiger partial charge in [0, 0.05) is 18.4 Å². The van der Waals surface area contributed by atoms with Gasteiger partial charge >= 0.3 is 5.97 Å². The highest BCUT2D eigenvalue weighted by Crippen LogP contribution is 2.26. The average Bonchev–Trinajstić information content (AvgIpc) is 2.27. The van der Waals surface area contributed by atoms with Crippen molar-refractivity contribution in [3.63, 3.8) is 0 Å². The lowest BCUT2D eigenvalue weighted by Crippen LogP contribution is -2.25. The first-order valence-corrected chi connectivity index (χ1v) is 4.95. The lowest BCUT2D eigenvalue weighted by atomic mass is 9.95. The van der Waals surface area contributed by atoms with Gasteiger partial charge in [-0.2, -0.15) is 0 Å². The van der Waals surface area contributed by atoms with Crippen LogP contribution in [0, 0.1) is 5.92 Å². The maximum absolute atomic E-state index is 10.9. The van der Waals surface area contributed by atoms with Gasteiger partial charge in [-0.25, -0.2) is 0 Å². The lowest BCUT2D eigenvalue weighted by Gasteiger charge is -2.29. The van der Waals surface area contributed by atoms with E-state index in [2.05, 4.69) is 4.90 Å². The zero-order valence-corrected chi connectivity index (χ0v) is 8.55. The van der Waals surface area contributed by atoms with Crippen molar-refractivity contribution in [3.8, 4) is 0 Å². The van der Waals surface area contributed by atoms with Gasteiger partial charge in [0.15, 0.2) is 0 Å². The Bertz CT molecular complexity index is 402. The van der Waals surface area contributed by atoms with Crippen LogP contribution in [-0.2, 0) is 4.79 Å². The van der Waals surface area contributed by atoms with Crippen molar-refractivity contribution in [2.75, 3.05) is 6.54 Å². The Labute approximate surface area is 88.7 Å². The van der Waals surface area contributed by atoms with E-state index in [-0.39, 0.29) is 0 Å². The summed E-state index contributed by atoms with van der Waals surface area (Å²) >= 11 is 0. The summed E-state index contributed by atoms with van der Waals surface area (Å²) in [6, 6.07) is 0. The summed E-state index contributed by atoms with van der Waals surface area (Å²) in [5, 5.41) is 9.00. The fourth-order valence-electron chi connectivity index (χ4n) is 1.78. The van der Waals surface area contributed by atoms with Crippen LogP contribution >= 0.6 is 0 Å². The van der Waals surface area contributed by atoms with Crippen molar-refractivity contribution in [2.24, 2.45) is 5.92 Å². The first-order chi connectivity index (χ1) is 7.20. The first kappa shape index (κ1) is 9.77. The van der Waals surface area contributed by atoms with Gasteiger partial charge in [0.25, 0.3) is 0 Å². The molecule has 2 aliphatic rings. The number of hydrogen-bond donors (Lipinski definition) is 1. The van der Waals surface area contributed by atoms with Gasteiger partial charge in [0.05, 0.1) is 5.92 Å². The minimum atomic E-state index is -0.785. The van der Waals surface area contributed by atoms with Crippen LogP contribution in [0.15, 0.2) is 47.9 Å². The van der Waals surface area contributed by atoms with E-state index in [1.165, 1.54) is 0 Å². The number of rotatable bonds is 2. The van der Waals surface area contributed by atoms with Gasteiger partial charge in [-0.1, -0.05) is 18.2 Å². The molecule has 0 saturated carbocycles. The molecule has 15 heavy (non-hydrogen) atoms. The number of hydrogen-bond acceptors (Lipinski definition) is 2. The molecule has 0 bridgehead atoms. The highest BCUT2D eigenvalue weighted by molar-refractivity contribution is 5.75. The zero-order valence-electron chi connectivity index (χ0n) is 8.55. The maximum atomic E-state index is 10.9. The normalized spacial score (nSPS) is 20.5. The van der Waals surface area contributed by atoms with Crippen molar-refractivity contribution in [1.29, 1.82) is 0 Å². The number of allylic oxidation sites excluding steroid dienone is 4. The quantitative estimate of drug-likeness (QED) is 0.745. The SMILES string of the molecule is CC(C(=O)O)C1=C2C=CC=CN2CC=C1. The van der Waals surface area contributed by atoms with Crippen LogP contribution < -0.4 is 0 Å². The third kappa shape index (κ3) is 1.73. The standard InChI is InChI=1S/C12H13NO2/c1-9(12(14)15)10-5-4-8-13-7-3-2-6-11(10)13/h2-7,9H,8H2,1H3,(H,14,15). The summed E-state index contributed by atoms with van der Waals surface area (Å²) in [4.78, 5) is 13.0. The Morgan fingerprint density at radius 3 is 3.00 bits per heavy atom. The van der Waals surface area contributed by atoms with Crippen LogP contribution in [0.25, 0.3) is 0 Å². The maximum Gasteiger partial charge on any atom is 0.310 e. The molecule has 2 rings (SSSR count). The number of carboxylic acid groups (broad SMARTS) is 1. The summed E-state index contributed by atoms with van der Waals surface area (Å²) in [5.74, 6) is -1.25. The smallest absolute Gasteiger partial charge is 0.310 e. The van der Waals surface area contributed by atoms with E-state index in [0.29, 0.717) is 0 Å². The summed E-state index contributed by atoms with van der Waals surface area (Å²) in [5.41, 5.74) is 1.87. The first-order valence-electron chi connectivity index (χ1n) is 4.95. The van der Waals surface area contributed by atoms with Gasteiger partial charge in [0.2, 0.25) is 0 Å². The fourth-order valence-corrected chi connectivity index (χ4v) is 1.78. The van der Waals surface area contributed by atoms with Crippen LogP contribution in [0.5, 0.6) is 0 Å². The molecule has 3 nitrogen and oxygen atoms in total. The third-order valence-corrected chi connectivity index (χ3v) is 2.67. The predicted molar refractivity (Wildman–Crippen MR) is 58.0 cm³/mol. The van der Waals surface area contributed by atoms with Crippen LogP contribution in [0.1, 0.15) is 6.92 Å². The van der Waals surface area contributed by atoms with Crippen molar-refractivity contribution in [1.82, 2.24) is 4.90 Å². The minimum Gasteiger partial charge on any atom is -0.481 e. The summed E-state index contributed by atoms with van der Waals surface area (Å²) in [6.07, 6.45) is 11.7. The van der Waals surface area contributed by atoms with E-state index in [4.69, 9.17) is 5.11 Å². The van der Waals surface area contributed by atoms with Crippen molar-refractivity contribution in [3.05, 3.63) is 47.9 Å². The molecule has 0 aliphatic carbocycles. The highest BCUT2D eigenvalue weighted by Gasteiger charge is 2.22. The molecule has 3 heteroatoms. The molecule has 0 aromatic heterocycles. The molecule has 1 unspecified atom stereocenters. The van der Waals surface area contributed by atoms with E-state index in [9.17, 15) is 4.79 Å². The number of aliphatic carboxylic acids is 1. The molecule has 78 valence electrons. The second kappa shape index (κ2) is 3.77. The molecule has 0 fully saturated rings. The lowest BCUT2D eigenvalue weighted by molar-refractivity contribution is -0.139. The molecule has 0 aromatic carbocycles. The van der Waals surface area contributed by atoms with Crippen LogP contribution in [0.3, 0.4) is 0 Å². The van der Waals surface area contributed by atoms with Gasteiger partial charge in [-0.15, -0.1) is 0 Å². The summed E-state index contributed by atoms with van der Waals surface area (Å²) in [7, 11) is 0. The molecule has 0 saturated heterocycles. The van der Waals surface area contributed by atoms with Gasteiger partial charge in [-0.3, -0.25) is 4.79 Å². The highest BCUT2D eigenvalue weighted by atomic mass is 16.4. The number of carbonyl (C=O) groups is 1. The topological polar surface area (TPSA) is 40.5 Å². The van der Waals surface area contributed by atoms with Crippen LogP contribution in [0.4, 0.5) is 0 Å². The second-order valence-corrected chi connectivity index (χ2v) is 3.66. The van der Waals surface area contributed by atoms with Crippen molar-refractivity contribution < 1.29 is 9.90 Å². The second-order valence-electron chi connectivity index (χ2n) is 3.66. The molecule has 1 N–H and O–H groups in total. The largest absolute Gasteiger partial charge is 0.481 e. The fraction of sp³-hybridized carbons (Fsp3) is 0.250. The predicted octanol–water partition coefficient (Wildman–Crippen LogP) is 1.92. The number of nitrogens with zero attached hydrogens (tertiary/aromatic N) is 1. The molecule has 0 aromatic rings. The van der Waals surface area contributed by atoms with Crippen molar-refractivity contribution in [2.45, 2.75) is 6.92 Å². The van der Waals surface area contributed by atoms with E-state index >= 15 is 0 Å². The molecular formula is C12H13NO2. The van der Waals surface area contributed by atoms with E-state index < -0.39 is 11.9 Å². The molecule has 2 aliphatic heterocycles. The average molecular weight is 203 g/mol. The Hall–Kier alpha value is -1.77. The number of carboxylic acids is 1. The van der Waals surface area contributed by atoms with E-state index in [1.54, 1.807) is 6.92 Å². The van der Waals surface area contributed by atoms with Crippen LogP contribution in [0.2, 0.25) is 0 Å². The molecule has 0 spiro atoms. The Kier molecular flexibility index (Phi) is 2.46. The number of fused-ring (bicyclic) bond motifs is 1. The van der Waals surface area contributed by atoms with Crippen LogP contribution in [-0.4, -0.2) is 22.5 Å². The summed E-state index contributed by atoms with van der Waals surface area (Å²) < 4.78 is 0. The van der Waals surface area contributed by atoms with E-state index in [0.717, 1.165) is 17.8 Å².